The number of amidine groups is 1. The summed E-state index contributed by atoms with van der Waals surface area (Å²) in [5.41, 5.74) is 0.897. The van der Waals surface area contributed by atoms with Gasteiger partial charge in [-0.05, 0) is 61.2 Å². The summed E-state index contributed by atoms with van der Waals surface area (Å²) < 4.78 is 41.1. The Labute approximate surface area is 169 Å². The molecule has 2 aromatic carbocycles. The molecular weight excluding hydrogens is 393 g/mol. The summed E-state index contributed by atoms with van der Waals surface area (Å²) in [5.74, 6) is -0.245. The molecule has 0 atom stereocenters. The highest BCUT2D eigenvalue weighted by molar-refractivity contribution is 7.90. The maximum atomic E-state index is 13.2. The topological polar surface area (TPSA) is 89.2 Å². The van der Waals surface area contributed by atoms with Crippen LogP contribution in [0.1, 0.15) is 31.2 Å². The van der Waals surface area contributed by atoms with Gasteiger partial charge in [0, 0.05) is 18.2 Å². The number of hydrogen-bond acceptors (Lipinski definition) is 3. The Morgan fingerprint density at radius 3 is 2.72 bits per heavy atom. The van der Waals surface area contributed by atoms with E-state index in [0.717, 1.165) is 25.8 Å². The van der Waals surface area contributed by atoms with Crippen molar-refractivity contribution in [3.63, 3.8) is 0 Å². The predicted molar refractivity (Wildman–Crippen MR) is 110 cm³/mol. The minimum absolute atomic E-state index is 0.0583. The first kappa shape index (κ1) is 20.7. The van der Waals surface area contributed by atoms with E-state index in [0.29, 0.717) is 23.5 Å². The molecule has 152 valence electrons. The van der Waals surface area contributed by atoms with Crippen LogP contribution in [0.5, 0.6) is 0 Å². The van der Waals surface area contributed by atoms with Crippen LogP contribution in [0.3, 0.4) is 0 Å². The SMILES string of the molecule is O=C(/C=C/c1cccc(F)c1)Nc1cccc(S(=O)(=O)NC2=[NH+]CCCCC2)c1. The Bertz CT molecular complexity index is 1050. The highest BCUT2D eigenvalue weighted by Crippen LogP contribution is 2.16. The van der Waals surface area contributed by atoms with Crippen molar-refractivity contribution in [2.45, 2.75) is 30.6 Å². The Kier molecular flexibility index (Phi) is 6.77. The average molecular weight is 416 g/mol. The maximum Gasteiger partial charge on any atom is 0.328 e. The maximum absolute atomic E-state index is 13.2. The molecule has 2 aromatic rings. The molecule has 0 aliphatic carbocycles. The van der Waals surface area contributed by atoms with Gasteiger partial charge in [-0.2, -0.15) is 13.1 Å². The van der Waals surface area contributed by atoms with E-state index < -0.39 is 15.9 Å². The van der Waals surface area contributed by atoms with Gasteiger partial charge in [0.15, 0.2) is 0 Å². The van der Waals surface area contributed by atoms with Crippen molar-refractivity contribution in [1.82, 2.24) is 4.72 Å². The zero-order chi connectivity index (χ0) is 20.7. The van der Waals surface area contributed by atoms with Crippen LogP contribution >= 0.6 is 0 Å². The number of carbonyl (C=O) groups is 1. The molecule has 0 unspecified atom stereocenters. The first-order valence-corrected chi connectivity index (χ1v) is 10.9. The smallest absolute Gasteiger partial charge is 0.322 e. The van der Waals surface area contributed by atoms with E-state index in [9.17, 15) is 17.6 Å². The normalized spacial score (nSPS) is 14.9. The van der Waals surface area contributed by atoms with E-state index in [2.05, 4.69) is 15.0 Å². The van der Waals surface area contributed by atoms with Crippen LogP contribution in [-0.4, -0.2) is 26.7 Å². The van der Waals surface area contributed by atoms with Gasteiger partial charge in [-0.3, -0.25) is 9.79 Å². The minimum atomic E-state index is -3.75. The first-order valence-electron chi connectivity index (χ1n) is 9.40. The molecule has 0 aromatic heterocycles. The molecule has 3 rings (SSSR count). The first-order chi connectivity index (χ1) is 13.9. The van der Waals surface area contributed by atoms with Crippen molar-refractivity contribution in [3.8, 4) is 0 Å². The van der Waals surface area contributed by atoms with E-state index >= 15 is 0 Å². The van der Waals surface area contributed by atoms with Crippen molar-refractivity contribution in [2.24, 2.45) is 0 Å². The second-order valence-electron chi connectivity index (χ2n) is 6.73. The zero-order valence-corrected chi connectivity index (χ0v) is 16.6. The Morgan fingerprint density at radius 1 is 1.07 bits per heavy atom. The third-order valence-corrected chi connectivity index (χ3v) is 5.78. The molecule has 3 N–H and O–H groups in total. The number of amides is 1. The van der Waals surface area contributed by atoms with Gasteiger partial charge >= 0.3 is 10.0 Å². The van der Waals surface area contributed by atoms with E-state index in [1.807, 2.05) is 0 Å². The van der Waals surface area contributed by atoms with Gasteiger partial charge in [0.1, 0.15) is 10.7 Å². The third kappa shape index (κ3) is 6.25. The molecular formula is C21H23FN3O3S+. The van der Waals surface area contributed by atoms with E-state index in [4.69, 9.17) is 0 Å². The second kappa shape index (κ2) is 9.47. The standard InChI is InChI=1S/C21H22FN3O3S/c22-17-7-4-6-16(14-17)11-12-21(26)24-18-8-5-9-19(15-18)29(27,28)25-20-10-2-1-3-13-23-20/h4-9,11-12,14-15H,1-3,10,13H2,(H,23,25)(H,24,26)/p+1/b12-11+. The van der Waals surface area contributed by atoms with Crippen molar-refractivity contribution in [1.29, 1.82) is 0 Å². The zero-order valence-electron chi connectivity index (χ0n) is 15.8. The lowest BCUT2D eigenvalue weighted by Crippen LogP contribution is -2.76. The third-order valence-electron chi connectivity index (χ3n) is 4.39. The van der Waals surface area contributed by atoms with Crippen molar-refractivity contribution < 1.29 is 22.6 Å². The lowest BCUT2D eigenvalue weighted by Gasteiger charge is -2.06. The van der Waals surface area contributed by atoms with E-state index in [1.54, 1.807) is 24.3 Å². The Hall–Kier alpha value is -3.00. The number of hydrogen-bond donors (Lipinski definition) is 3. The van der Waals surface area contributed by atoms with Crippen molar-refractivity contribution in [3.05, 3.63) is 66.0 Å². The van der Waals surface area contributed by atoms with Crippen LogP contribution < -0.4 is 15.0 Å². The fourth-order valence-electron chi connectivity index (χ4n) is 2.95. The van der Waals surface area contributed by atoms with Crippen molar-refractivity contribution >= 4 is 33.5 Å². The second-order valence-corrected chi connectivity index (χ2v) is 8.41. The van der Waals surface area contributed by atoms with Gasteiger partial charge in [0.2, 0.25) is 5.91 Å². The number of sulfonamides is 1. The summed E-state index contributed by atoms with van der Waals surface area (Å²) in [6.07, 6.45) is 6.40. The molecule has 29 heavy (non-hydrogen) atoms. The van der Waals surface area contributed by atoms with Gasteiger partial charge in [-0.15, -0.1) is 0 Å². The number of nitrogens with one attached hydrogen (secondary N) is 3. The summed E-state index contributed by atoms with van der Waals surface area (Å²) in [5, 5.41) is 2.62. The highest BCUT2D eigenvalue weighted by atomic mass is 32.2. The molecule has 6 nitrogen and oxygen atoms in total. The van der Waals surface area contributed by atoms with Crippen LogP contribution in [0.25, 0.3) is 6.08 Å². The Morgan fingerprint density at radius 2 is 1.90 bits per heavy atom. The average Bonchev–Trinajstić information content (AvgIpc) is 2.95. The number of anilines is 1. The van der Waals surface area contributed by atoms with Crippen LogP contribution in [0, 0.1) is 5.82 Å². The van der Waals surface area contributed by atoms with Crippen LogP contribution in [0.4, 0.5) is 10.1 Å². The molecule has 1 heterocycles. The van der Waals surface area contributed by atoms with Gasteiger partial charge < -0.3 is 5.32 Å². The lowest BCUT2D eigenvalue weighted by molar-refractivity contribution is -0.459. The molecule has 1 aliphatic rings. The van der Waals surface area contributed by atoms with Gasteiger partial charge in [-0.1, -0.05) is 18.2 Å². The molecule has 0 bridgehead atoms. The molecule has 0 fully saturated rings. The summed E-state index contributed by atoms with van der Waals surface area (Å²) >= 11 is 0. The summed E-state index contributed by atoms with van der Waals surface area (Å²) in [4.78, 5) is 15.3. The van der Waals surface area contributed by atoms with Gasteiger partial charge in [0.05, 0.1) is 6.54 Å². The predicted octanol–water partition coefficient (Wildman–Crippen LogP) is 1.81. The molecule has 0 saturated carbocycles. The monoisotopic (exact) mass is 416 g/mol. The molecule has 0 spiro atoms. The number of benzene rings is 2. The minimum Gasteiger partial charge on any atom is -0.322 e. The molecule has 1 amide bonds. The fourth-order valence-corrected chi connectivity index (χ4v) is 4.10. The lowest BCUT2D eigenvalue weighted by atomic mass is 10.2. The van der Waals surface area contributed by atoms with Gasteiger partial charge in [0.25, 0.3) is 5.84 Å². The molecule has 1 aliphatic heterocycles. The largest absolute Gasteiger partial charge is 0.328 e. The quantitative estimate of drug-likeness (QED) is 0.650. The van der Waals surface area contributed by atoms with Gasteiger partial charge in [-0.25, -0.2) is 4.39 Å². The van der Waals surface area contributed by atoms with Crippen LogP contribution in [0.2, 0.25) is 0 Å². The van der Waals surface area contributed by atoms with E-state index in [-0.39, 0.29) is 10.7 Å². The van der Waals surface area contributed by atoms with E-state index in [1.165, 1.54) is 36.4 Å². The van der Waals surface area contributed by atoms with Crippen LogP contribution in [0.15, 0.2) is 59.5 Å². The summed E-state index contributed by atoms with van der Waals surface area (Å²) in [6.45, 7) is 0.742. The number of halogens is 1. The number of carbonyl (C=O) groups excluding carboxylic acids is 1. The summed E-state index contributed by atoms with van der Waals surface area (Å²) in [6, 6.07) is 11.9. The van der Waals surface area contributed by atoms with Crippen LogP contribution in [-0.2, 0) is 14.8 Å². The highest BCUT2D eigenvalue weighted by Gasteiger charge is 2.23. The summed E-state index contributed by atoms with van der Waals surface area (Å²) in [7, 11) is -3.75. The Balaban J connectivity index is 1.68. The molecule has 0 saturated heterocycles. The van der Waals surface area contributed by atoms with Crippen molar-refractivity contribution in [2.75, 3.05) is 11.9 Å². The molecule has 0 radical (unpaired) electrons. The molecule has 8 heteroatoms. The fraction of sp³-hybridized carbons (Fsp3) is 0.238. The number of rotatable bonds is 5.